The van der Waals surface area contributed by atoms with Crippen LogP contribution in [0, 0.1) is 11.6 Å². The molecule has 0 aliphatic heterocycles. The molecule has 5 rings (SSSR count). The molecule has 1 heterocycles. The first-order valence-corrected chi connectivity index (χ1v) is 11.2. The monoisotopic (exact) mass is 468 g/mol. The molecule has 0 spiro atoms. The quantitative estimate of drug-likeness (QED) is 0.382. The van der Waals surface area contributed by atoms with E-state index >= 15 is 0 Å². The summed E-state index contributed by atoms with van der Waals surface area (Å²) in [7, 11) is 0. The van der Waals surface area contributed by atoms with Gasteiger partial charge in [-0.05, 0) is 59.9 Å². The number of amides is 1. The summed E-state index contributed by atoms with van der Waals surface area (Å²) in [6.07, 6.45) is 5.01. The lowest BCUT2D eigenvalue weighted by molar-refractivity contribution is -0.115. The van der Waals surface area contributed by atoms with E-state index < -0.39 is 17.5 Å². The van der Waals surface area contributed by atoms with E-state index in [1.165, 1.54) is 6.07 Å². The number of nitrogens with one attached hydrogen (secondary N) is 1. The average molecular weight is 469 g/mol. The largest absolute Gasteiger partial charge is 0.399 e. The average Bonchev–Trinajstić information content (AvgIpc) is 2.85. The number of nitrogens with two attached hydrogens (primary N) is 1. The van der Waals surface area contributed by atoms with Crippen molar-refractivity contribution in [2.45, 2.75) is 19.3 Å². The third-order valence-electron chi connectivity index (χ3n) is 5.85. The van der Waals surface area contributed by atoms with E-state index in [0.717, 1.165) is 46.6 Å². The third kappa shape index (κ3) is 4.94. The number of hydrogen-bond donors (Lipinski definition) is 2. The van der Waals surface area contributed by atoms with Gasteiger partial charge in [-0.1, -0.05) is 48.5 Å². The molecular formula is C28H22F2N4O. The maximum absolute atomic E-state index is 13.6. The molecule has 0 fully saturated rings. The molecule has 5 nitrogen and oxygen atoms in total. The second kappa shape index (κ2) is 9.46. The number of aromatic nitrogens is 2. The van der Waals surface area contributed by atoms with Gasteiger partial charge in [0.2, 0.25) is 5.91 Å². The van der Waals surface area contributed by atoms with Crippen molar-refractivity contribution < 1.29 is 13.6 Å². The first-order valence-electron chi connectivity index (χ1n) is 11.2. The molecule has 1 aliphatic rings. The topological polar surface area (TPSA) is 80.9 Å². The number of anilines is 2. The van der Waals surface area contributed by atoms with Crippen LogP contribution in [0.3, 0.4) is 0 Å². The summed E-state index contributed by atoms with van der Waals surface area (Å²) in [6, 6.07) is 18.9. The Bertz CT molecular complexity index is 1450. The van der Waals surface area contributed by atoms with E-state index in [4.69, 9.17) is 15.7 Å². The van der Waals surface area contributed by atoms with Crippen LogP contribution in [0.4, 0.5) is 20.3 Å². The van der Waals surface area contributed by atoms with Crippen molar-refractivity contribution in [2.24, 2.45) is 0 Å². The first-order chi connectivity index (χ1) is 17.0. The fourth-order valence-electron chi connectivity index (χ4n) is 4.14. The number of fused-ring (bicyclic) bond motifs is 3. The maximum atomic E-state index is 13.6. The molecule has 35 heavy (non-hydrogen) atoms. The van der Waals surface area contributed by atoms with Crippen molar-refractivity contribution >= 4 is 29.6 Å². The lowest BCUT2D eigenvalue weighted by Crippen LogP contribution is -2.19. The number of halogens is 2. The zero-order valence-electron chi connectivity index (χ0n) is 18.8. The van der Waals surface area contributed by atoms with E-state index in [1.54, 1.807) is 6.08 Å². The highest BCUT2D eigenvalue weighted by atomic mass is 19.2. The van der Waals surface area contributed by atoms with E-state index in [1.807, 2.05) is 54.6 Å². The zero-order valence-corrected chi connectivity index (χ0v) is 18.8. The van der Waals surface area contributed by atoms with Crippen molar-refractivity contribution in [3.05, 3.63) is 106 Å². The van der Waals surface area contributed by atoms with Gasteiger partial charge in [0.25, 0.3) is 0 Å². The van der Waals surface area contributed by atoms with Gasteiger partial charge >= 0.3 is 0 Å². The van der Waals surface area contributed by atoms with Gasteiger partial charge in [0.1, 0.15) is 5.69 Å². The van der Waals surface area contributed by atoms with Crippen molar-refractivity contribution in [1.29, 1.82) is 0 Å². The van der Waals surface area contributed by atoms with Crippen molar-refractivity contribution in [1.82, 2.24) is 9.97 Å². The summed E-state index contributed by atoms with van der Waals surface area (Å²) in [4.78, 5) is 22.4. The Kier molecular flexibility index (Phi) is 6.06. The smallest absolute Gasteiger partial charge is 0.230 e. The molecule has 1 aromatic heterocycles. The Hall–Kier alpha value is -4.39. The van der Waals surface area contributed by atoms with Crippen molar-refractivity contribution in [2.75, 3.05) is 11.1 Å². The van der Waals surface area contributed by atoms with Gasteiger partial charge in [-0.2, -0.15) is 0 Å². The minimum atomic E-state index is -0.991. The molecule has 4 aromatic rings. The zero-order chi connectivity index (χ0) is 24.4. The highest BCUT2D eigenvalue weighted by Crippen LogP contribution is 2.34. The first kappa shape index (κ1) is 22.4. The number of carbonyl (C=O) groups excluding carboxylic acids is 1. The lowest BCUT2D eigenvalue weighted by atomic mass is 9.91. The number of nitrogens with zero attached hydrogens (tertiary/aromatic N) is 2. The molecule has 3 N–H and O–H groups in total. The van der Waals surface area contributed by atoms with Crippen LogP contribution in [0.15, 0.2) is 66.7 Å². The SMILES string of the molecule is Nc1ccc2c(c1)CCc1nc(NC(=O)Cc3ccc(F)c(F)c3)c(/C=C/c3ccccc3)nc1-2. The predicted octanol–water partition coefficient (Wildman–Crippen LogP) is 5.45. The Morgan fingerprint density at radius 3 is 2.57 bits per heavy atom. The van der Waals surface area contributed by atoms with Crippen LogP contribution in [0.25, 0.3) is 23.4 Å². The van der Waals surface area contributed by atoms with Crippen LogP contribution in [-0.4, -0.2) is 15.9 Å². The van der Waals surface area contributed by atoms with E-state index in [2.05, 4.69) is 5.32 Å². The molecule has 174 valence electrons. The van der Waals surface area contributed by atoms with Gasteiger partial charge in [0.05, 0.1) is 17.8 Å². The highest BCUT2D eigenvalue weighted by Gasteiger charge is 2.22. The molecule has 3 aromatic carbocycles. The minimum Gasteiger partial charge on any atom is -0.399 e. The second-order valence-corrected chi connectivity index (χ2v) is 8.39. The summed E-state index contributed by atoms with van der Waals surface area (Å²) in [5.74, 6) is -2.02. The van der Waals surface area contributed by atoms with E-state index in [9.17, 15) is 13.6 Å². The van der Waals surface area contributed by atoms with Gasteiger partial charge in [0.15, 0.2) is 17.5 Å². The van der Waals surface area contributed by atoms with Crippen LogP contribution < -0.4 is 11.1 Å². The summed E-state index contributed by atoms with van der Waals surface area (Å²) >= 11 is 0. The van der Waals surface area contributed by atoms with Gasteiger partial charge in [0, 0.05) is 11.3 Å². The predicted molar refractivity (Wildman–Crippen MR) is 133 cm³/mol. The summed E-state index contributed by atoms with van der Waals surface area (Å²) in [6.45, 7) is 0. The number of hydrogen-bond acceptors (Lipinski definition) is 4. The summed E-state index contributed by atoms with van der Waals surface area (Å²) < 4.78 is 26.8. The van der Waals surface area contributed by atoms with Crippen LogP contribution in [-0.2, 0) is 24.1 Å². The normalized spacial score (nSPS) is 12.3. The Morgan fingerprint density at radius 1 is 0.943 bits per heavy atom. The van der Waals surface area contributed by atoms with Gasteiger partial charge < -0.3 is 11.1 Å². The Labute approximate surface area is 201 Å². The molecule has 0 unspecified atom stereocenters. The number of nitrogen functional groups attached to an aromatic ring is 1. The van der Waals surface area contributed by atoms with Crippen LogP contribution in [0.1, 0.15) is 28.1 Å². The second-order valence-electron chi connectivity index (χ2n) is 8.39. The fraction of sp³-hybridized carbons (Fsp3) is 0.107. The molecule has 1 aliphatic carbocycles. The molecule has 0 bridgehead atoms. The van der Waals surface area contributed by atoms with Crippen molar-refractivity contribution in [3.63, 3.8) is 0 Å². The maximum Gasteiger partial charge on any atom is 0.230 e. The Balaban J connectivity index is 1.50. The third-order valence-corrected chi connectivity index (χ3v) is 5.85. The molecule has 1 amide bonds. The van der Waals surface area contributed by atoms with E-state index in [-0.39, 0.29) is 6.42 Å². The standard InChI is InChI=1S/C28H22F2N4O/c29-22-11-6-18(14-23(22)30)15-26(35)34-28-25(12-7-17-4-2-1-3-5-17)32-27-21-10-9-20(31)16-19(21)8-13-24(27)33-28/h1-7,9-12,14,16H,8,13,15,31H2,(H,33,34,35)/b12-7+. The lowest BCUT2D eigenvalue weighted by Gasteiger charge is -2.20. The molecule has 0 radical (unpaired) electrons. The number of rotatable bonds is 5. The molecule has 0 saturated carbocycles. The van der Waals surface area contributed by atoms with Crippen LogP contribution in [0.5, 0.6) is 0 Å². The van der Waals surface area contributed by atoms with Crippen LogP contribution in [0.2, 0.25) is 0 Å². The number of carbonyl (C=O) groups is 1. The summed E-state index contributed by atoms with van der Waals surface area (Å²) in [5.41, 5.74) is 12.1. The van der Waals surface area contributed by atoms with Crippen LogP contribution >= 0.6 is 0 Å². The highest BCUT2D eigenvalue weighted by molar-refractivity contribution is 5.94. The molecule has 0 atom stereocenters. The van der Waals surface area contributed by atoms with Gasteiger partial charge in [-0.15, -0.1) is 0 Å². The minimum absolute atomic E-state index is 0.125. The Morgan fingerprint density at radius 2 is 1.77 bits per heavy atom. The molecule has 0 saturated heterocycles. The molecular weight excluding hydrogens is 446 g/mol. The van der Waals surface area contributed by atoms with Gasteiger partial charge in [-0.3, -0.25) is 4.79 Å². The summed E-state index contributed by atoms with van der Waals surface area (Å²) in [5, 5.41) is 2.81. The number of benzene rings is 3. The fourth-order valence-corrected chi connectivity index (χ4v) is 4.14. The van der Waals surface area contributed by atoms with Crippen molar-refractivity contribution in [3.8, 4) is 11.3 Å². The number of aryl methyl sites for hydroxylation is 2. The van der Waals surface area contributed by atoms with E-state index in [0.29, 0.717) is 29.2 Å². The van der Waals surface area contributed by atoms with Gasteiger partial charge in [-0.25, -0.2) is 18.7 Å². The molecule has 7 heteroatoms.